The molecule has 0 aliphatic heterocycles. The van der Waals surface area contributed by atoms with Crippen LogP contribution in [0, 0.1) is 0 Å². The number of nitrogens with one attached hydrogen (secondary N) is 1. The molecule has 0 saturated heterocycles. The predicted octanol–water partition coefficient (Wildman–Crippen LogP) is 1.97. The number of benzene rings is 1. The molecule has 0 bridgehead atoms. The second-order valence-electron chi connectivity index (χ2n) is 6.66. The molecule has 3 aromatic rings. The fraction of sp³-hybridized carbons (Fsp3) is 0.389. The third-order valence-corrected chi connectivity index (χ3v) is 5.37. The van der Waals surface area contributed by atoms with E-state index in [0.29, 0.717) is 28.0 Å². The molecule has 1 atom stereocenters. The number of anilines is 1. The first-order chi connectivity index (χ1) is 13.3. The average Bonchev–Trinajstić information content (AvgIpc) is 2.99. The number of fused-ring (bicyclic) bond motifs is 1. The van der Waals surface area contributed by atoms with Crippen molar-refractivity contribution in [3.8, 4) is 0 Å². The Hall–Kier alpha value is -2.29. The van der Waals surface area contributed by atoms with Crippen molar-refractivity contribution in [2.24, 2.45) is 14.1 Å². The van der Waals surface area contributed by atoms with Gasteiger partial charge in [0.05, 0.1) is 6.54 Å². The van der Waals surface area contributed by atoms with E-state index in [2.05, 4.69) is 10.3 Å². The summed E-state index contributed by atoms with van der Waals surface area (Å²) in [7, 11) is 2.98. The lowest BCUT2D eigenvalue weighted by Crippen LogP contribution is -2.37. The van der Waals surface area contributed by atoms with E-state index >= 15 is 0 Å². The maximum Gasteiger partial charge on any atom is 0.332 e. The monoisotopic (exact) mass is 425 g/mol. The highest BCUT2D eigenvalue weighted by atomic mass is 35.5. The number of rotatable bonds is 6. The Morgan fingerprint density at radius 2 is 1.82 bits per heavy atom. The van der Waals surface area contributed by atoms with Gasteiger partial charge in [0, 0.05) is 42.4 Å². The fourth-order valence-electron chi connectivity index (χ4n) is 3.04. The quantitative estimate of drug-likeness (QED) is 0.629. The van der Waals surface area contributed by atoms with Gasteiger partial charge in [-0.2, -0.15) is 4.98 Å². The van der Waals surface area contributed by atoms with E-state index < -0.39 is 11.2 Å². The molecule has 28 heavy (non-hydrogen) atoms. The molecule has 0 unspecified atom stereocenters. The highest BCUT2D eigenvalue weighted by molar-refractivity contribution is 6.36. The van der Waals surface area contributed by atoms with Gasteiger partial charge in [-0.25, -0.2) is 4.79 Å². The average molecular weight is 426 g/mol. The van der Waals surface area contributed by atoms with Crippen molar-refractivity contribution < 1.29 is 5.11 Å². The van der Waals surface area contributed by atoms with Crippen molar-refractivity contribution in [3.05, 3.63) is 54.6 Å². The molecule has 2 aromatic heterocycles. The summed E-state index contributed by atoms with van der Waals surface area (Å²) in [5.41, 5.74) is 0.234. The minimum absolute atomic E-state index is 0.00495. The van der Waals surface area contributed by atoms with Gasteiger partial charge in [-0.05, 0) is 25.5 Å². The van der Waals surface area contributed by atoms with Crippen LogP contribution in [0.5, 0.6) is 0 Å². The lowest BCUT2D eigenvalue weighted by molar-refractivity contribution is 0.282. The van der Waals surface area contributed by atoms with E-state index in [1.54, 1.807) is 29.8 Å². The molecule has 150 valence electrons. The summed E-state index contributed by atoms with van der Waals surface area (Å²) in [6.07, 6.45) is 0.493. The second kappa shape index (κ2) is 7.98. The Labute approximate surface area is 170 Å². The summed E-state index contributed by atoms with van der Waals surface area (Å²) in [6.45, 7) is 2.08. The number of nitrogens with zero attached hydrogens (tertiary/aromatic N) is 4. The molecule has 0 radical (unpaired) electrons. The predicted molar refractivity (Wildman–Crippen MR) is 111 cm³/mol. The molecule has 0 aliphatic carbocycles. The fourth-order valence-corrected chi connectivity index (χ4v) is 3.56. The van der Waals surface area contributed by atoms with Crippen LogP contribution < -0.4 is 16.6 Å². The summed E-state index contributed by atoms with van der Waals surface area (Å²) < 4.78 is 4.02. The van der Waals surface area contributed by atoms with Crippen molar-refractivity contribution in [1.29, 1.82) is 0 Å². The van der Waals surface area contributed by atoms with Gasteiger partial charge in [-0.1, -0.05) is 29.3 Å². The van der Waals surface area contributed by atoms with E-state index in [1.807, 2.05) is 6.92 Å². The zero-order valence-corrected chi connectivity index (χ0v) is 17.3. The molecule has 0 aliphatic rings. The van der Waals surface area contributed by atoms with Crippen LogP contribution in [0.4, 0.5) is 5.95 Å². The Morgan fingerprint density at radius 1 is 1.18 bits per heavy atom. The molecule has 2 heterocycles. The summed E-state index contributed by atoms with van der Waals surface area (Å²) >= 11 is 12.6. The first-order valence-electron chi connectivity index (χ1n) is 8.72. The second-order valence-corrected chi connectivity index (χ2v) is 7.47. The molecule has 0 amide bonds. The molecule has 3 rings (SSSR count). The van der Waals surface area contributed by atoms with Crippen molar-refractivity contribution in [2.45, 2.75) is 25.9 Å². The van der Waals surface area contributed by atoms with Crippen LogP contribution in [0.2, 0.25) is 10.0 Å². The number of hydrogen-bond acceptors (Lipinski definition) is 5. The number of halogens is 2. The Bertz CT molecular complexity index is 1130. The van der Waals surface area contributed by atoms with E-state index in [1.165, 1.54) is 11.6 Å². The van der Waals surface area contributed by atoms with Crippen LogP contribution in [-0.4, -0.2) is 36.4 Å². The number of hydrogen-bond donors (Lipinski definition) is 2. The number of aliphatic hydroxyl groups excluding tert-OH is 1. The van der Waals surface area contributed by atoms with E-state index in [0.717, 1.165) is 4.57 Å². The molecule has 10 heteroatoms. The summed E-state index contributed by atoms with van der Waals surface area (Å²) in [5.74, 6) is 0.394. The number of imidazole rings is 1. The van der Waals surface area contributed by atoms with Gasteiger partial charge in [-0.15, -0.1) is 0 Å². The highest BCUT2D eigenvalue weighted by Crippen LogP contribution is 2.28. The summed E-state index contributed by atoms with van der Waals surface area (Å²) in [4.78, 5) is 29.6. The van der Waals surface area contributed by atoms with Gasteiger partial charge in [0.25, 0.3) is 5.56 Å². The van der Waals surface area contributed by atoms with Crippen LogP contribution in [0.3, 0.4) is 0 Å². The molecule has 1 aromatic carbocycles. The van der Waals surface area contributed by atoms with Gasteiger partial charge < -0.3 is 10.4 Å². The first kappa shape index (κ1) is 20.4. The van der Waals surface area contributed by atoms with Crippen LogP contribution >= 0.6 is 23.2 Å². The summed E-state index contributed by atoms with van der Waals surface area (Å²) in [6, 6.07) is 5.07. The maximum absolute atomic E-state index is 12.9. The third kappa shape index (κ3) is 3.55. The molecular weight excluding hydrogens is 405 g/mol. The van der Waals surface area contributed by atoms with Gasteiger partial charge in [0.15, 0.2) is 11.2 Å². The molecule has 0 fully saturated rings. The molecule has 0 spiro atoms. The van der Waals surface area contributed by atoms with Crippen molar-refractivity contribution in [1.82, 2.24) is 18.7 Å². The Balaban J connectivity index is 2.28. The van der Waals surface area contributed by atoms with Gasteiger partial charge >= 0.3 is 5.69 Å². The van der Waals surface area contributed by atoms with Gasteiger partial charge in [-0.3, -0.25) is 18.5 Å². The minimum Gasteiger partial charge on any atom is -0.396 e. The third-order valence-electron chi connectivity index (χ3n) is 4.66. The normalized spacial score (nSPS) is 12.5. The SMILES string of the molecule is C[C@@H](CCO)Nc1nc2c(c(=O)n(C)c(=O)n2C)n1Cc1c(Cl)cccc1Cl. The van der Waals surface area contributed by atoms with Crippen LogP contribution in [0.1, 0.15) is 18.9 Å². The van der Waals surface area contributed by atoms with Crippen LogP contribution in [0.15, 0.2) is 27.8 Å². The smallest absolute Gasteiger partial charge is 0.332 e. The topological polar surface area (TPSA) is 94.1 Å². The minimum atomic E-state index is -0.465. The van der Waals surface area contributed by atoms with Gasteiger partial charge in [0.2, 0.25) is 5.95 Å². The number of aromatic nitrogens is 4. The molecule has 0 saturated carbocycles. The molecule has 8 nitrogen and oxygen atoms in total. The zero-order valence-electron chi connectivity index (χ0n) is 15.7. The molecule has 2 N–H and O–H groups in total. The number of aliphatic hydroxyl groups is 1. The van der Waals surface area contributed by atoms with Gasteiger partial charge in [0.1, 0.15) is 0 Å². The lowest BCUT2D eigenvalue weighted by atomic mass is 10.2. The zero-order chi connectivity index (χ0) is 20.6. The Kier molecular flexibility index (Phi) is 5.83. The van der Waals surface area contributed by atoms with E-state index in [-0.39, 0.29) is 30.4 Å². The lowest BCUT2D eigenvalue weighted by Gasteiger charge is -2.16. The standard InChI is InChI=1S/C18H21Cl2N5O3/c1-10(7-8-26)21-17-22-15-14(16(27)24(3)18(28)23(15)2)25(17)9-11-12(19)5-4-6-13(11)20/h4-6,10,26H,7-9H2,1-3H3,(H,21,22)/t10-/m0/s1. The van der Waals surface area contributed by atoms with Crippen molar-refractivity contribution in [3.63, 3.8) is 0 Å². The van der Waals surface area contributed by atoms with E-state index in [4.69, 9.17) is 23.2 Å². The molecular formula is C18H21Cl2N5O3. The highest BCUT2D eigenvalue weighted by Gasteiger charge is 2.21. The first-order valence-corrected chi connectivity index (χ1v) is 9.48. The summed E-state index contributed by atoms with van der Waals surface area (Å²) in [5, 5.41) is 13.3. The maximum atomic E-state index is 12.9. The van der Waals surface area contributed by atoms with Crippen molar-refractivity contribution >= 4 is 40.3 Å². The van der Waals surface area contributed by atoms with Crippen LogP contribution in [-0.2, 0) is 20.6 Å². The Morgan fingerprint density at radius 3 is 2.43 bits per heavy atom. The van der Waals surface area contributed by atoms with Crippen LogP contribution in [0.25, 0.3) is 11.2 Å². The van der Waals surface area contributed by atoms with Crippen molar-refractivity contribution in [2.75, 3.05) is 11.9 Å². The largest absolute Gasteiger partial charge is 0.396 e. The number of aryl methyl sites for hydroxylation is 1. The van der Waals surface area contributed by atoms with E-state index in [9.17, 15) is 14.7 Å².